The molecule has 1 aliphatic heterocycles. The molecule has 2 heterocycles. The lowest BCUT2D eigenvalue weighted by Gasteiger charge is -2.24. The molecular weight excluding hydrogens is 408 g/mol. The highest BCUT2D eigenvalue weighted by Gasteiger charge is 2.23. The van der Waals surface area contributed by atoms with Gasteiger partial charge in [-0.05, 0) is 57.2 Å². The molecule has 0 atom stereocenters. The van der Waals surface area contributed by atoms with Gasteiger partial charge >= 0.3 is 0 Å². The Morgan fingerprint density at radius 2 is 1.63 bits per heavy atom. The van der Waals surface area contributed by atoms with Gasteiger partial charge in [-0.2, -0.15) is 13.5 Å². The number of carbonyl (C=O) groups is 1. The Balaban J connectivity index is 1.65. The molecule has 9 nitrogen and oxygen atoms in total. The van der Waals surface area contributed by atoms with Crippen LogP contribution in [0.4, 0.5) is 0 Å². The van der Waals surface area contributed by atoms with Crippen LogP contribution in [0.5, 0.6) is 0 Å². The number of hydrogen-bond donors (Lipinski definition) is 2. The average molecular weight is 441 g/mol. The molecule has 2 N–H and O–H groups in total. The summed E-state index contributed by atoms with van der Waals surface area (Å²) in [5.74, 6) is -1.10. The van der Waals surface area contributed by atoms with Crippen molar-refractivity contribution in [3.05, 3.63) is 27.2 Å². The molecule has 1 aromatic rings. The lowest BCUT2D eigenvalue weighted by molar-refractivity contribution is -0.120. The Labute approximate surface area is 177 Å². The third kappa shape index (κ3) is 6.61. The molecule has 1 aliphatic carbocycles. The Hall–Kier alpha value is -1.78. The van der Waals surface area contributed by atoms with Gasteiger partial charge in [0.2, 0.25) is 5.91 Å². The molecule has 168 valence electrons. The van der Waals surface area contributed by atoms with Crippen molar-refractivity contribution >= 4 is 16.0 Å². The number of carbonyl (C=O) groups excluding carboxylic acids is 1. The van der Waals surface area contributed by atoms with Crippen molar-refractivity contribution < 1.29 is 17.8 Å². The summed E-state index contributed by atoms with van der Waals surface area (Å²) in [6.07, 6.45) is 9.14. The quantitative estimate of drug-likeness (QED) is 0.604. The van der Waals surface area contributed by atoms with Crippen LogP contribution in [0.15, 0.2) is 4.79 Å². The molecule has 1 saturated heterocycles. The minimum absolute atomic E-state index is 0.00586. The molecule has 0 unspecified atom stereocenters. The van der Waals surface area contributed by atoms with Crippen LogP contribution >= 0.6 is 0 Å². The first kappa shape index (κ1) is 22.9. The summed E-state index contributed by atoms with van der Waals surface area (Å²) >= 11 is 0. The lowest BCUT2D eigenvalue weighted by atomic mass is 9.91. The van der Waals surface area contributed by atoms with Gasteiger partial charge in [0.15, 0.2) is 5.88 Å². The second kappa shape index (κ2) is 10.5. The van der Waals surface area contributed by atoms with Crippen LogP contribution in [0.3, 0.4) is 0 Å². The van der Waals surface area contributed by atoms with E-state index < -0.39 is 21.6 Å². The fourth-order valence-electron chi connectivity index (χ4n) is 4.36. The molecule has 1 fully saturated rings. The summed E-state index contributed by atoms with van der Waals surface area (Å²) in [7, 11) is -4.41. The first-order valence-electron chi connectivity index (χ1n) is 10.9. The second-order valence-electron chi connectivity index (χ2n) is 8.26. The Bertz CT molecular complexity index is 905. The standard InChI is InChI=1S/C20H32N4O5S/c25-19(21-10-13-23-11-6-2-1-3-7-12-23)14-18-16-8-4-5-9-17(16)20(26)24(22-18)15-30(27,28)29/h1-15H2,(H,21,25)(H,27,28,29). The zero-order valence-electron chi connectivity index (χ0n) is 17.4. The van der Waals surface area contributed by atoms with Crippen LogP contribution in [0.2, 0.25) is 0 Å². The van der Waals surface area contributed by atoms with Crippen LogP contribution in [0.1, 0.15) is 61.8 Å². The zero-order chi connectivity index (χ0) is 21.6. The van der Waals surface area contributed by atoms with E-state index in [1.165, 1.54) is 32.1 Å². The predicted molar refractivity (Wildman–Crippen MR) is 113 cm³/mol. The van der Waals surface area contributed by atoms with Gasteiger partial charge in [-0.25, -0.2) is 4.68 Å². The van der Waals surface area contributed by atoms with Gasteiger partial charge in [0.05, 0.1) is 12.1 Å². The first-order valence-corrected chi connectivity index (χ1v) is 12.5. The van der Waals surface area contributed by atoms with Gasteiger partial charge in [-0.15, -0.1) is 0 Å². The zero-order valence-corrected chi connectivity index (χ0v) is 18.3. The molecule has 30 heavy (non-hydrogen) atoms. The van der Waals surface area contributed by atoms with E-state index in [-0.39, 0.29) is 12.3 Å². The van der Waals surface area contributed by atoms with Gasteiger partial charge in [0.25, 0.3) is 15.7 Å². The lowest BCUT2D eigenvalue weighted by Crippen LogP contribution is -2.38. The second-order valence-corrected chi connectivity index (χ2v) is 9.68. The van der Waals surface area contributed by atoms with E-state index in [4.69, 9.17) is 4.55 Å². The highest BCUT2D eigenvalue weighted by atomic mass is 32.2. The summed E-state index contributed by atoms with van der Waals surface area (Å²) in [6, 6.07) is 0. The molecule has 10 heteroatoms. The van der Waals surface area contributed by atoms with E-state index in [9.17, 15) is 18.0 Å². The number of nitrogens with one attached hydrogen (secondary N) is 1. The van der Waals surface area contributed by atoms with E-state index in [0.29, 0.717) is 30.6 Å². The van der Waals surface area contributed by atoms with Gasteiger partial charge < -0.3 is 10.2 Å². The minimum Gasteiger partial charge on any atom is -0.354 e. The molecule has 0 radical (unpaired) electrons. The Kier molecular flexibility index (Phi) is 8.01. The number of likely N-dealkylation sites (tertiary alicyclic amines) is 1. The smallest absolute Gasteiger partial charge is 0.285 e. The number of hydrogen-bond acceptors (Lipinski definition) is 6. The highest BCUT2D eigenvalue weighted by molar-refractivity contribution is 7.84. The third-order valence-electron chi connectivity index (χ3n) is 5.86. The van der Waals surface area contributed by atoms with Crippen LogP contribution in [-0.2, 0) is 40.1 Å². The molecule has 0 saturated carbocycles. The Morgan fingerprint density at radius 1 is 1.00 bits per heavy atom. The van der Waals surface area contributed by atoms with Crippen molar-refractivity contribution in [1.29, 1.82) is 0 Å². The maximum atomic E-state index is 12.5. The van der Waals surface area contributed by atoms with E-state index in [1.54, 1.807) is 0 Å². The van der Waals surface area contributed by atoms with E-state index in [2.05, 4.69) is 15.3 Å². The van der Waals surface area contributed by atoms with Crippen molar-refractivity contribution in [2.24, 2.45) is 0 Å². The maximum Gasteiger partial charge on any atom is 0.285 e. The number of fused-ring (bicyclic) bond motifs is 1. The summed E-state index contributed by atoms with van der Waals surface area (Å²) in [4.78, 5) is 27.4. The molecule has 0 aromatic carbocycles. The van der Waals surface area contributed by atoms with Crippen LogP contribution in [0.25, 0.3) is 0 Å². The number of amides is 1. The van der Waals surface area contributed by atoms with E-state index in [1.807, 2.05) is 0 Å². The molecule has 1 aromatic heterocycles. The first-order chi connectivity index (χ1) is 14.3. The molecule has 1 amide bonds. The molecule has 0 bridgehead atoms. The molecule has 0 spiro atoms. The van der Waals surface area contributed by atoms with Crippen molar-refractivity contribution in [3.8, 4) is 0 Å². The third-order valence-corrected chi connectivity index (χ3v) is 6.43. The summed E-state index contributed by atoms with van der Waals surface area (Å²) in [5, 5.41) is 7.05. The fourth-order valence-corrected chi connectivity index (χ4v) is 4.84. The minimum atomic E-state index is -4.41. The monoisotopic (exact) mass is 440 g/mol. The predicted octanol–water partition coefficient (Wildman–Crippen LogP) is 0.892. The fraction of sp³-hybridized carbons (Fsp3) is 0.750. The molecular formula is C20H32N4O5S. The largest absolute Gasteiger partial charge is 0.354 e. The topological polar surface area (TPSA) is 122 Å². The van der Waals surface area contributed by atoms with Gasteiger partial charge in [0.1, 0.15) is 0 Å². The van der Waals surface area contributed by atoms with Crippen LogP contribution in [0, 0.1) is 0 Å². The number of rotatable bonds is 7. The summed E-state index contributed by atoms with van der Waals surface area (Å²) < 4.78 is 32.4. The number of nitrogens with zero attached hydrogens (tertiary/aromatic N) is 3. The van der Waals surface area contributed by atoms with E-state index in [0.717, 1.165) is 42.7 Å². The van der Waals surface area contributed by atoms with E-state index >= 15 is 0 Å². The van der Waals surface area contributed by atoms with Crippen molar-refractivity contribution in [1.82, 2.24) is 20.0 Å². The highest BCUT2D eigenvalue weighted by Crippen LogP contribution is 2.21. The Morgan fingerprint density at radius 3 is 2.30 bits per heavy atom. The SMILES string of the molecule is O=C(Cc1nn(CS(=O)(=O)O)c(=O)c2c1CCCC2)NCCN1CCCCCCC1. The summed E-state index contributed by atoms with van der Waals surface area (Å²) in [6.45, 7) is 3.47. The van der Waals surface area contributed by atoms with Crippen molar-refractivity contribution in [2.75, 3.05) is 26.2 Å². The summed E-state index contributed by atoms with van der Waals surface area (Å²) in [5.41, 5.74) is 1.21. The molecule has 2 aliphatic rings. The molecule has 3 rings (SSSR count). The number of aromatic nitrogens is 2. The van der Waals surface area contributed by atoms with Crippen molar-refractivity contribution in [3.63, 3.8) is 0 Å². The average Bonchev–Trinajstić information content (AvgIpc) is 2.66. The normalized spacial score (nSPS) is 18.3. The maximum absolute atomic E-state index is 12.5. The van der Waals surface area contributed by atoms with Gasteiger partial charge in [-0.3, -0.25) is 14.1 Å². The van der Waals surface area contributed by atoms with Crippen molar-refractivity contribution in [2.45, 2.75) is 70.1 Å². The van der Waals surface area contributed by atoms with Gasteiger partial charge in [0, 0.05) is 18.7 Å². The van der Waals surface area contributed by atoms with Crippen LogP contribution in [-0.4, -0.2) is 59.7 Å². The van der Waals surface area contributed by atoms with Gasteiger partial charge in [-0.1, -0.05) is 19.3 Å². The van der Waals surface area contributed by atoms with Crippen LogP contribution < -0.4 is 10.9 Å².